The van der Waals surface area contributed by atoms with E-state index in [1.807, 2.05) is 0 Å². The SMILES string of the molecule is CC(=O)O.CC(C)CC1NC(=O)[C@H](Cc2ccccc2)NC(=O)C(Cc2ccc(O)cc2)NC(=O)CCSSCC(C(=O)N2CCC[C@H]2C(=O)N[C@@H](CCCCN)C(=O)NCC(N)=O)NC(=O)[C@H](CC(N)=O)NC1=O. The fourth-order valence-corrected chi connectivity index (χ4v) is 10.1. The number of primary amides is 2. The predicted octanol–water partition coefficient (Wildman–Crippen LogP) is -1.39. The lowest BCUT2D eigenvalue weighted by Crippen LogP contribution is -2.61. The normalized spacial score (nSPS) is 21.6. The number of nitrogens with one attached hydrogen (secondary N) is 7. The molecule has 4 rings (SSSR count). The van der Waals surface area contributed by atoms with Crippen molar-refractivity contribution >= 4 is 86.6 Å². The van der Waals surface area contributed by atoms with E-state index in [1.165, 1.54) is 27.8 Å². The molecule has 2 aliphatic heterocycles. The lowest BCUT2D eigenvalue weighted by molar-refractivity contribution is -0.142. The largest absolute Gasteiger partial charge is 0.508 e. The topological polar surface area (TPSA) is 394 Å². The molecule has 2 aliphatic rings. The second-order valence-corrected chi connectivity index (χ2v) is 20.9. The zero-order chi connectivity index (χ0) is 55.6. The summed E-state index contributed by atoms with van der Waals surface area (Å²) in [7, 11) is 2.29. The summed E-state index contributed by atoms with van der Waals surface area (Å²) in [6.07, 6.45) is 0.962. The fraction of sp³-hybridized carbons (Fsp3) is 0.531. The Bertz CT molecular complexity index is 2290. The van der Waals surface area contributed by atoms with Crippen LogP contribution < -0.4 is 54.4 Å². The molecule has 0 aliphatic carbocycles. The summed E-state index contributed by atoms with van der Waals surface area (Å²) in [5, 5.41) is 35.9. The summed E-state index contributed by atoms with van der Waals surface area (Å²) in [5.74, 6) is -8.60. The number of aromatic hydroxyl groups is 1. The van der Waals surface area contributed by atoms with E-state index < -0.39 is 120 Å². The molecule has 75 heavy (non-hydrogen) atoms. The standard InChI is InChI=1S/C47H67N11O11S2.C2H4O2/c1-27(2)21-32-42(64)56-35(24-38(49)60)45(67)57-36(47(69)58-19-8-12-37(58)46(68)53-31(11-6-7-18-48)41(63)51-25-39(50)61)26-71-70-20-17-40(62)52-33(23-29-13-15-30(59)16-14-29)43(65)55-34(44(66)54-32)22-28-9-4-3-5-10-28;1-2(3)4/h3-5,9-10,13-16,27,31-37,59H,6-8,11-12,17-26,48H2,1-2H3,(H2,49,60)(H2,50,61)(H,51,63)(H,52,62)(H,53,68)(H,54,66)(H,55,65)(H,56,64)(H,57,67);1H3,(H,3,4)/t31-,32?,33?,34-,35-,36?,37-;/m0./s1. The fourth-order valence-electron chi connectivity index (χ4n) is 7.92. The number of benzene rings is 2. The Labute approximate surface area is 443 Å². The van der Waals surface area contributed by atoms with Crippen LogP contribution in [-0.4, -0.2) is 154 Å². The highest BCUT2D eigenvalue weighted by molar-refractivity contribution is 8.76. The molecule has 3 unspecified atom stereocenters. The summed E-state index contributed by atoms with van der Waals surface area (Å²) >= 11 is 0. The van der Waals surface area contributed by atoms with E-state index in [-0.39, 0.29) is 68.2 Å². The number of phenolic OH excluding ortho intramolecular Hbond substituents is 1. The van der Waals surface area contributed by atoms with Gasteiger partial charge >= 0.3 is 0 Å². The molecule has 15 N–H and O–H groups in total. The minimum Gasteiger partial charge on any atom is -0.508 e. The Morgan fingerprint density at radius 2 is 1.33 bits per heavy atom. The number of hydrogen-bond donors (Lipinski definition) is 12. The molecule has 10 amide bonds. The lowest BCUT2D eigenvalue weighted by atomic mass is 9.99. The van der Waals surface area contributed by atoms with Crippen LogP contribution in [0.25, 0.3) is 0 Å². The van der Waals surface area contributed by atoms with Crippen LogP contribution in [0, 0.1) is 5.92 Å². The number of carbonyl (C=O) groups excluding carboxylic acids is 10. The Balaban J connectivity index is 0.00000357. The summed E-state index contributed by atoms with van der Waals surface area (Å²) in [6, 6.07) is 5.88. The maximum Gasteiger partial charge on any atom is 0.300 e. The minimum absolute atomic E-state index is 0.00810. The van der Waals surface area contributed by atoms with Crippen LogP contribution in [0.1, 0.15) is 83.3 Å². The number of aliphatic carboxylic acids is 1. The zero-order valence-corrected chi connectivity index (χ0v) is 43.9. The molecule has 0 radical (unpaired) electrons. The van der Waals surface area contributed by atoms with Crippen LogP contribution in [0.3, 0.4) is 0 Å². The van der Waals surface area contributed by atoms with E-state index in [9.17, 15) is 53.1 Å². The molecule has 2 fully saturated rings. The predicted molar refractivity (Wildman–Crippen MR) is 279 cm³/mol. The summed E-state index contributed by atoms with van der Waals surface area (Å²) in [4.78, 5) is 146. The number of nitrogens with two attached hydrogens (primary N) is 3. The van der Waals surface area contributed by atoms with Crippen LogP contribution in [0.15, 0.2) is 54.6 Å². The maximum absolute atomic E-state index is 14.5. The molecule has 2 heterocycles. The van der Waals surface area contributed by atoms with Gasteiger partial charge in [-0.25, -0.2) is 0 Å². The van der Waals surface area contributed by atoms with Crippen molar-refractivity contribution in [2.75, 3.05) is 31.1 Å². The number of nitrogens with zero attached hydrogens (tertiary/aromatic N) is 1. The van der Waals surface area contributed by atoms with Gasteiger partial charge in [0.25, 0.3) is 5.97 Å². The maximum atomic E-state index is 14.5. The van der Waals surface area contributed by atoms with Gasteiger partial charge in [-0.15, -0.1) is 0 Å². The van der Waals surface area contributed by atoms with Crippen LogP contribution in [-0.2, 0) is 65.6 Å². The quantitative estimate of drug-likeness (QED) is 0.0604. The third-order valence-corrected chi connectivity index (χ3v) is 13.9. The molecule has 24 nitrogen and oxygen atoms in total. The Kier molecular flexibility index (Phi) is 26.9. The molecule has 2 aromatic carbocycles. The van der Waals surface area contributed by atoms with Crippen molar-refractivity contribution in [1.29, 1.82) is 0 Å². The molecule has 412 valence electrons. The van der Waals surface area contributed by atoms with Gasteiger partial charge in [0.05, 0.1) is 13.0 Å². The van der Waals surface area contributed by atoms with E-state index in [0.29, 0.717) is 36.9 Å². The zero-order valence-electron chi connectivity index (χ0n) is 42.3. The van der Waals surface area contributed by atoms with Crippen molar-refractivity contribution in [3.8, 4) is 5.75 Å². The molecule has 0 aromatic heterocycles. The second-order valence-electron chi connectivity index (χ2n) is 18.3. The monoisotopic (exact) mass is 1090 g/mol. The number of carboxylic acids is 1. The van der Waals surface area contributed by atoms with Gasteiger partial charge in [0, 0.05) is 44.2 Å². The number of unbranched alkanes of at least 4 members (excludes halogenated alkanes) is 1. The van der Waals surface area contributed by atoms with Crippen LogP contribution in [0.4, 0.5) is 0 Å². The third kappa shape index (κ3) is 23.0. The molecule has 26 heteroatoms. The van der Waals surface area contributed by atoms with Crippen molar-refractivity contribution in [1.82, 2.24) is 42.1 Å². The number of carbonyl (C=O) groups is 11. The minimum atomic E-state index is -1.64. The van der Waals surface area contributed by atoms with Gasteiger partial charge in [0.1, 0.15) is 48.0 Å². The van der Waals surface area contributed by atoms with Gasteiger partial charge in [-0.05, 0) is 74.2 Å². The van der Waals surface area contributed by atoms with Gasteiger partial charge in [-0.2, -0.15) is 0 Å². The smallest absolute Gasteiger partial charge is 0.300 e. The number of rotatable bonds is 18. The van der Waals surface area contributed by atoms with E-state index in [1.54, 1.807) is 56.3 Å². The summed E-state index contributed by atoms with van der Waals surface area (Å²) < 4.78 is 0. The van der Waals surface area contributed by atoms with Gasteiger partial charge in [-0.1, -0.05) is 77.9 Å². The number of amides is 10. The van der Waals surface area contributed by atoms with Gasteiger partial charge in [0.2, 0.25) is 59.1 Å². The molecule has 0 saturated carbocycles. The molecule has 0 spiro atoms. The van der Waals surface area contributed by atoms with Crippen molar-refractivity contribution < 1.29 is 63.0 Å². The van der Waals surface area contributed by atoms with Crippen molar-refractivity contribution in [2.45, 2.75) is 127 Å². The van der Waals surface area contributed by atoms with Gasteiger partial charge < -0.3 is 69.5 Å². The van der Waals surface area contributed by atoms with Crippen molar-refractivity contribution in [3.63, 3.8) is 0 Å². The van der Waals surface area contributed by atoms with E-state index in [4.69, 9.17) is 27.1 Å². The highest BCUT2D eigenvalue weighted by Gasteiger charge is 2.40. The number of hydrogen-bond acceptors (Lipinski definition) is 15. The summed E-state index contributed by atoms with van der Waals surface area (Å²) in [5.41, 5.74) is 17.7. The first-order chi connectivity index (χ1) is 35.6. The molecule has 7 atom stereocenters. The Morgan fingerprint density at radius 1 is 0.760 bits per heavy atom. The second kappa shape index (κ2) is 32.4. The third-order valence-electron chi connectivity index (χ3n) is 11.5. The van der Waals surface area contributed by atoms with E-state index in [0.717, 1.165) is 17.7 Å². The Hall–Kier alpha value is -6.93. The molecule has 0 bridgehead atoms. The first kappa shape index (κ1) is 62.4. The average molecular weight is 1090 g/mol. The Morgan fingerprint density at radius 3 is 1.93 bits per heavy atom. The van der Waals surface area contributed by atoms with Crippen LogP contribution in [0.5, 0.6) is 5.75 Å². The van der Waals surface area contributed by atoms with E-state index >= 15 is 0 Å². The number of carboxylic acid groups (broad SMARTS) is 1. The van der Waals surface area contributed by atoms with Crippen molar-refractivity contribution in [3.05, 3.63) is 65.7 Å². The van der Waals surface area contributed by atoms with Crippen LogP contribution >= 0.6 is 21.6 Å². The molecule has 2 aromatic rings. The lowest BCUT2D eigenvalue weighted by Gasteiger charge is -2.31. The summed E-state index contributed by atoms with van der Waals surface area (Å²) in [6.45, 7) is 4.64. The van der Waals surface area contributed by atoms with Crippen molar-refractivity contribution in [2.24, 2.45) is 23.1 Å². The number of phenols is 1. The van der Waals surface area contributed by atoms with Crippen LogP contribution in [0.2, 0.25) is 0 Å². The average Bonchev–Trinajstić information content (AvgIpc) is 3.84. The first-order valence-electron chi connectivity index (χ1n) is 24.5. The van der Waals surface area contributed by atoms with E-state index in [2.05, 4.69) is 37.2 Å². The number of likely N-dealkylation sites (tertiary alicyclic amines) is 1. The molecular weight excluding hydrogens is 1010 g/mol. The van der Waals surface area contributed by atoms with Gasteiger partial charge in [-0.3, -0.25) is 52.7 Å². The molecule has 2 saturated heterocycles. The van der Waals surface area contributed by atoms with Gasteiger partial charge in [0.15, 0.2) is 0 Å². The molecular formula is C49H71N11O13S2. The highest BCUT2D eigenvalue weighted by atomic mass is 33.1. The highest BCUT2D eigenvalue weighted by Crippen LogP contribution is 2.26. The first-order valence-corrected chi connectivity index (χ1v) is 27.0.